The summed E-state index contributed by atoms with van der Waals surface area (Å²) in [6.07, 6.45) is 4.77. The topological polar surface area (TPSA) is 32.3 Å². The molecule has 1 fully saturated rings. The Hall–Kier alpha value is -1.22. The maximum atomic E-state index is 12.2. The number of para-hydroxylation sites is 1. The first-order chi connectivity index (χ1) is 8.77. The van der Waals surface area contributed by atoms with Crippen LogP contribution in [-0.2, 0) is 4.79 Å². The number of benzene rings is 1. The lowest BCUT2D eigenvalue weighted by atomic mass is 10.1. The Kier molecular flexibility index (Phi) is 6.71. The van der Waals surface area contributed by atoms with Crippen LogP contribution in [0.1, 0.15) is 32.6 Å². The minimum Gasteiger partial charge on any atom is -0.376 e. The molecule has 0 spiro atoms. The molecule has 2 rings (SSSR count). The van der Waals surface area contributed by atoms with E-state index in [1.165, 1.54) is 12.8 Å². The maximum Gasteiger partial charge on any atom is 0.242 e. The van der Waals surface area contributed by atoms with E-state index in [2.05, 4.69) is 12.2 Å². The molecule has 4 heteroatoms. The maximum absolute atomic E-state index is 12.2. The molecule has 0 saturated carbocycles. The Labute approximate surface area is 121 Å². The second-order valence-corrected chi connectivity index (χ2v) is 5.01. The zero-order valence-corrected chi connectivity index (χ0v) is 12.3. The summed E-state index contributed by atoms with van der Waals surface area (Å²) in [4.78, 5) is 14.2. The van der Waals surface area contributed by atoms with Gasteiger partial charge in [-0.25, -0.2) is 0 Å². The SMILES string of the molecule is CC1CCCCCN1C(=O)CNc1ccccc1.Cl. The minimum atomic E-state index is 0. The minimum absolute atomic E-state index is 0. The summed E-state index contributed by atoms with van der Waals surface area (Å²) in [7, 11) is 0. The first-order valence-electron chi connectivity index (χ1n) is 6.86. The largest absolute Gasteiger partial charge is 0.376 e. The number of carbonyl (C=O) groups is 1. The van der Waals surface area contributed by atoms with Gasteiger partial charge >= 0.3 is 0 Å². The first kappa shape index (κ1) is 15.8. The molecule has 1 saturated heterocycles. The van der Waals surface area contributed by atoms with Gasteiger partial charge in [-0.1, -0.05) is 31.0 Å². The molecular formula is C15H23ClN2O. The van der Waals surface area contributed by atoms with Crippen molar-refractivity contribution >= 4 is 24.0 Å². The van der Waals surface area contributed by atoms with Crippen molar-refractivity contribution < 1.29 is 4.79 Å². The van der Waals surface area contributed by atoms with Crippen LogP contribution in [0.4, 0.5) is 5.69 Å². The molecule has 1 atom stereocenters. The summed E-state index contributed by atoms with van der Waals surface area (Å²) < 4.78 is 0. The number of carbonyl (C=O) groups excluding carboxylic acids is 1. The van der Waals surface area contributed by atoms with Gasteiger partial charge in [0, 0.05) is 18.3 Å². The Morgan fingerprint density at radius 2 is 2.00 bits per heavy atom. The number of hydrogen-bond acceptors (Lipinski definition) is 2. The molecule has 1 aromatic rings. The van der Waals surface area contributed by atoms with Crippen LogP contribution in [0.5, 0.6) is 0 Å². The van der Waals surface area contributed by atoms with E-state index >= 15 is 0 Å². The number of nitrogens with one attached hydrogen (secondary N) is 1. The molecule has 1 amide bonds. The predicted octanol–water partition coefficient (Wildman–Crippen LogP) is 3.31. The predicted molar refractivity (Wildman–Crippen MR) is 81.8 cm³/mol. The van der Waals surface area contributed by atoms with E-state index in [-0.39, 0.29) is 18.3 Å². The molecule has 106 valence electrons. The van der Waals surface area contributed by atoms with Gasteiger partial charge in [-0.2, -0.15) is 0 Å². The average Bonchev–Trinajstić information content (AvgIpc) is 2.62. The lowest BCUT2D eigenvalue weighted by molar-refractivity contribution is -0.131. The van der Waals surface area contributed by atoms with E-state index in [0.29, 0.717) is 12.6 Å². The monoisotopic (exact) mass is 282 g/mol. The number of hydrogen-bond donors (Lipinski definition) is 1. The molecular weight excluding hydrogens is 260 g/mol. The van der Waals surface area contributed by atoms with Crippen molar-refractivity contribution in [2.45, 2.75) is 38.6 Å². The van der Waals surface area contributed by atoms with Gasteiger partial charge in [-0.05, 0) is 31.9 Å². The van der Waals surface area contributed by atoms with Crippen LogP contribution in [0.3, 0.4) is 0 Å². The van der Waals surface area contributed by atoms with E-state index in [1.807, 2.05) is 35.2 Å². The highest BCUT2D eigenvalue weighted by atomic mass is 35.5. The third kappa shape index (κ3) is 4.75. The molecule has 1 N–H and O–H groups in total. The fourth-order valence-corrected chi connectivity index (χ4v) is 2.48. The second kappa shape index (κ2) is 8.05. The summed E-state index contributed by atoms with van der Waals surface area (Å²) in [6, 6.07) is 10.3. The summed E-state index contributed by atoms with van der Waals surface area (Å²) >= 11 is 0. The first-order valence-corrected chi connectivity index (χ1v) is 6.86. The number of amides is 1. The van der Waals surface area contributed by atoms with E-state index in [1.54, 1.807) is 0 Å². The zero-order valence-electron chi connectivity index (χ0n) is 11.5. The van der Waals surface area contributed by atoms with Crippen molar-refractivity contribution in [3.63, 3.8) is 0 Å². The molecule has 0 radical (unpaired) electrons. The molecule has 1 aliphatic rings. The quantitative estimate of drug-likeness (QED) is 0.922. The van der Waals surface area contributed by atoms with Crippen molar-refractivity contribution in [3.05, 3.63) is 30.3 Å². The van der Waals surface area contributed by atoms with Gasteiger partial charge in [0.2, 0.25) is 5.91 Å². The molecule has 0 aromatic heterocycles. The van der Waals surface area contributed by atoms with Crippen LogP contribution in [0.25, 0.3) is 0 Å². The number of likely N-dealkylation sites (tertiary alicyclic amines) is 1. The molecule has 0 aliphatic carbocycles. The van der Waals surface area contributed by atoms with E-state index in [4.69, 9.17) is 0 Å². The van der Waals surface area contributed by atoms with Crippen LogP contribution >= 0.6 is 12.4 Å². The average molecular weight is 283 g/mol. The van der Waals surface area contributed by atoms with E-state index in [9.17, 15) is 4.79 Å². The van der Waals surface area contributed by atoms with Crippen LogP contribution in [0, 0.1) is 0 Å². The van der Waals surface area contributed by atoms with Crippen LogP contribution < -0.4 is 5.32 Å². The van der Waals surface area contributed by atoms with Crippen LogP contribution in [-0.4, -0.2) is 29.9 Å². The van der Waals surface area contributed by atoms with Gasteiger partial charge in [-0.3, -0.25) is 4.79 Å². The Balaban J connectivity index is 0.00000180. The van der Waals surface area contributed by atoms with Crippen molar-refractivity contribution in [2.24, 2.45) is 0 Å². The Morgan fingerprint density at radius 3 is 2.74 bits per heavy atom. The molecule has 3 nitrogen and oxygen atoms in total. The lowest BCUT2D eigenvalue weighted by Gasteiger charge is -2.27. The summed E-state index contributed by atoms with van der Waals surface area (Å²) in [5.41, 5.74) is 1.01. The van der Waals surface area contributed by atoms with Crippen molar-refractivity contribution in [1.29, 1.82) is 0 Å². The molecule has 19 heavy (non-hydrogen) atoms. The summed E-state index contributed by atoms with van der Waals surface area (Å²) in [5.74, 6) is 0.216. The van der Waals surface area contributed by atoms with Crippen LogP contribution in [0.2, 0.25) is 0 Å². The van der Waals surface area contributed by atoms with Gasteiger partial charge < -0.3 is 10.2 Å². The number of nitrogens with zero attached hydrogens (tertiary/aromatic N) is 1. The Morgan fingerprint density at radius 1 is 1.26 bits per heavy atom. The molecule has 1 heterocycles. The smallest absolute Gasteiger partial charge is 0.242 e. The van der Waals surface area contributed by atoms with Crippen molar-refractivity contribution in [1.82, 2.24) is 4.90 Å². The summed E-state index contributed by atoms with van der Waals surface area (Å²) in [5, 5.41) is 3.19. The third-order valence-electron chi connectivity index (χ3n) is 3.59. The van der Waals surface area contributed by atoms with Gasteiger partial charge in [-0.15, -0.1) is 12.4 Å². The van der Waals surface area contributed by atoms with Gasteiger partial charge in [0.1, 0.15) is 0 Å². The summed E-state index contributed by atoms with van der Waals surface area (Å²) in [6.45, 7) is 3.47. The van der Waals surface area contributed by atoms with Crippen molar-refractivity contribution in [3.8, 4) is 0 Å². The normalized spacial score (nSPS) is 19.2. The molecule has 0 bridgehead atoms. The van der Waals surface area contributed by atoms with Gasteiger partial charge in [0.15, 0.2) is 0 Å². The molecule has 1 aliphatic heterocycles. The molecule has 1 unspecified atom stereocenters. The molecule has 1 aromatic carbocycles. The highest BCUT2D eigenvalue weighted by Crippen LogP contribution is 2.16. The number of anilines is 1. The van der Waals surface area contributed by atoms with Gasteiger partial charge in [0.25, 0.3) is 0 Å². The van der Waals surface area contributed by atoms with Crippen LogP contribution in [0.15, 0.2) is 30.3 Å². The van der Waals surface area contributed by atoms with E-state index < -0.39 is 0 Å². The Bertz CT molecular complexity index is 383. The highest BCUT2D eigenvalue weighted by Gasteiger charge is 2.21. The number of rotatable bonds is 3. The fraction of sp³-hybridized carbons (Fsp3) is 0.533. The second-order valence-electron chi connectivity index (χ2n) is 5.01. The lowest BCUT2D eigenvalue weighted by Crippen LogP contribution is -2.41. The van der Waals surface area contributed by atoms with Crippen molar-refractivity contribution in [2.75, 3.05) is 18.4 Å². The zero-order chi connectivity index (χ0) is 12.8. The third-order valence-corrected chi connectivity index (χ3v) is 3.59. The fourth-order valence-electron chi connectivity index (χ4n) is 2.48. The van der Waals surface area contributed by atoms with E-state index in [0.717, 1.165) is 25.1 Å². The highest BCUT2D eigenvalue weighted by molar-refractivity contribution is 5.85. The standard InChI is InChI=1S/C15H22N2O.ClH/c1-13-8-4-3-7-11-17(13)15(18)12-16-14-9-5-2-6-10-14;/h2,5-6,9-10,13,16H,3-4,7-8,11-12H2,1H3;1H. The van der Waals surface area contributed by atoms with Gasteiger partial charge in [0.05, 0.1) is 6.54 Å². The number of halogens is 1.